The Morgan fingerprint density at radius 2 is 1.80 bits per heavy atom. The van der Waals surface area contributed by atoms with E-state index < -0.39 is 17.9 Å². The lowest BCUT2D eigenvalue weighted by Gasteiger charge is -2.10. The lowest BCUT2D eigenvalue weighted by Crippen LogP contribution is -2.22. The Balaban J connectivity index is 3.28. The maximum Gasteiger partial charge on any atom is 0.322 e. The van der Waals surface area contributed by atoms with Crippen LogP contribution in [0.3, 0.4) is 0 Å². The molecule has 0 fully saturated rings. The molecule has 4 N–H and O–H groups in total. The van der Waals surface area contributed by atoms with Crippen molar-refractivity contribution in [3.63, 3.8) is 0 Å². The normalized spacial score (nSPS) is 10.3. The summed E-state index contributed by atoms with van der Waals surface area (Å²) in [4.78, 5) is 21.5. The number of nitrogens with two attached hydrogens (primary N) is 1. The van der Waals surface area contributed by atoms with Crippen LogP contribution in [0, 0.1) is 0 Å². The molecule has 0 saturated carbocycles. The van der Waals surface area contributed by atoms with Crippen molar-refractivity contribution in [3.8, 4) is 0 Å². The van der Waals surface area contributed by atoms with Crippen LogP contribution in [-0.4, -0.2) is 22.2 Å². The van der Waals surface area contributed by atoms with Gasteiger partial charge < -0.3 is 15.9 Å². The minimum atomic E-state index is -1.69. The molecule has 0 bridgehead atoms. The van der Waals surface area contributed by atoms with Crippen molar-refractivity contribution < 1.29 is 19.8 Å². The number of halogens is 1. The Kier molecular flexibility index (Phi) is 3.16. The number of anilines is 1. The van der Waals surface area contributed by atoms with Crippen molar-refractivity contribution in [1.82, 2.24) is 0 Å². The second-order valence-electron chi connectivity index (χ2n) is 2.88. The fourth-order valence-electron chi connectivity index (χ4n) is 1.17. The zero-order chi connectivity index (χ0) is 11.6. The van der Waals surface area contributed by atoms with Crippen LogP contribution in [0.1, 0.15) is 11.5 Å². The number of rotatable bonds is 3. The number of nitrogen functional groups attached to an aromatic ring is 1. The lowest BCUT2D eigenvalue weighted by atomic mass is 9.98. The summed E-state index contributed by atoms with van der Waals surface area (Å²) >= 11 is 5.63. The van der Waals surface area contributed by atoms with Gasteiger partial charge in [-0.25, -0.2) is 0 Å². The zero-order valence-corrected chi connectivity index (χ0v) is 8.23. The average molecular weight is 230 g/mol. The van der Waals surface area contributed by atoms with Gasteiger partial charge in [0.2, 0.25) is 0 Å². The summed E-state index contributed by atoms with van der Waals surface area (Å²) in [6, 6.07) is 4.07. The fourth-order valence-corrected chi connectivity index (χ4v) is 1.35. The summed E-state index contributed by atoms with van der Waals surface area (Å²) in [5.41, 5.74) is 5.56. The highest BCUT2D eigenvalue weighted by atomic mass is 35.5. The maximum atomic E-state index is 10.7. The topological polar surface area (TPSA) is 101 Å². The molecule has 1 aromatic carbocycles. The molecule has 5 nitrogen and oxygen atoms in total. The quantitative estimate of drug-likeness (QED) is 0.534. The van der Waals surface area contributed by atoms with Gasteiger partial charge in [-0.3, -0.25) is 9.59 Å². The molecular weight excluding hydrogens is 222 g/mol. The monoisotopic (exact) mass is 229 g/mol. The minimum Gasteiger partial charge on any atom is -0.480 e. The summed E-state index contributed by atoms with van der Waals surface area (Å²) in [6.45, 7) is 0. The van der Waals surface area contributed by atoms with Crippen LogP contribution >= 0.6 is 11.6 Å². The highest BCUT2D eigenvalue weighted by Crippen LogP contribution is 2.26. The largest absolute Gasteiger partial charge is 0.480 e. The molecule has 15 heavy (non-hydrogen) atoms. The zero-order valence-electron chi connectivity index (χ0n) is 7.48. The number of benzene rings is 1. The predicted molar refractivity (Wildman–Crippen MR) is 53.9 cm³/mol. The van der Waals surface area contributed by atoms with Crippen molar-refractivity contribution in [3.05, 3.63) is 28.8 Å². The molecule has 0 spiro atoms. The molecule has 0 amide bonds. The van der Waals surface area contributed by atoms with E-state index in [0.29, 0.717) is 0 Å². The number of carboxylic acids is 2. The van der Waals surface area contributed by atoms with E-state index in [1.165, 1.54) is 18.2 Å². The van der Waals surface area contributed by atoms with Crippen LogP contribution in [0.5, 0.6) is 0 Å². The summed E-state index contributed by atoms with van der Waals surface area (Å²) in [5.74, 6) is -4.64. The third kappa shape index (κ3) is 2.38. The second-order valence-corrected chi connectivity index (χ2v) is 3.32. The van der Waals surface area contributed by atoms with E-state index in [9.17, 15) is 9.59 Å². The second kappa shape index (κ2) is 4.18. The highest BCUT2D eigenvalue weighted by Gasteiger charge is 2.29. The summed E-state index contributed by atoms with van der Waals surface area (Å²) < 4.78 is 0. The predicted octanol–water partition coefficient (Wildman–Crippen LogP) is 1.18. The van der Waals surface area contributed by atoms with Crippen molar-refractivity contribution in [2.75, 3.05) is 5.73 Å². The standard InChI is InChI=1S/C9H8ClNO4/c10-4-1-2-6(11)5(3-4)7(8(12)13)9(14)15/h1-3,7H,11H2,(H,12,13)(H,14,15). The molecule has 0 aliphatic heterocycles. The number of carboxylic acid groups (broad SMARTS) is 2. The molecule has 0 aliphatic rings. The van der Waals surface area contributed by atoms with Gasteiger partial charge in [0.25, 0.3) is 0 Å². The van der Waals surface area contributed by atoms with Gasteiger partial charge in [-0.1, -0.05) is 11.6 Å². The Bertz CT molecular complexity index is 405. The van der Waals surface area contributed by atoms with E-state index >= 15 is 0 Å². The molecule has 6 heteroatoms. The Labute approximate surface area is 90.1 Å². The fraction of sp³-hybridized carbons (Fsp3) is 0.111. The summed E-state index contributed by atoms with van der Waals surface area (Å²) in [7, 11) is 0. The first-order valence-electron chi connectivity index (χ1n) is 3.94. The Hall–Kier alpha value is -1.75. The van der Waals surface area contributed by atoms with Gasteiger partial charge in [0.15, 0.2) is 5.92 Å². The molecular formula is C9H8ClNO4. The van der Waals surface area contributed by atoms with Crippen molar-refractivity contribution in [2.24, 2.45) is 0 Å². The van der Waals surface area contributed by atoms with Gasteiger partial charge >= 0.3 is 11.9 Å². The van der Waals surface area contributed by atoms with Crippen LogP contribution in [0.15, 0.2) is 18.2 Å². The number of hydrogen-bond donors (Lipinski definition) is 3. The van der Waals surface area contributed by atoms with Gasteiger partial charge in [0.05, 0.1) is 0 Å². The van der Waals surface area contributed by atoms with E-state index in [-0.39, 0.29) is 16.3 Å². The van der Waals surface area contributed by atoms with Crippen molar-refractivity contribution in [1.29, 1.82) is 0 Å². The number of aliphatic carboxylic acids is 2. The van der Waals surface area contributed by atoms with Crippen LogP contribution in [-0.2, 0) is 9.59 Å². The molecule has 0 radical (unpaired) electrons. The van der Waals surface area contributed by atoms with E-state index in [2.05, 4.69) is 0 Å². The molecule has 0 heterocycles. The maximum absolute atomic E-state index is 10.7. The minimum absolute atomic E-state index is 0.0116. The molecule has 0 unspecified atom stereocenters. The van der Waals surface area contributed by atoms with E-state index in [1.54, 1.807) is 0 Å². The third-order valence-electron chi connectivity index (χ3n) is 1.85. The number of carbonyl (C=O) groups is 2. The van der Waals surface area contributed by atoms with Gasteiger partial charge in [-0.2, -0.15) is 0 Å². The summed E-state index contributed by atoms with van der Waals surface area (Å²) in [6.07, 6.45) is 0. The first kappa shape index (κ1) is 11.3. The van der Waals surface area contributed by atoms with E-state index in [1.807, 2.05) is 0 Å². The molecule has 0 aromatic heterocycles. The molecule has 1 rings (SSSR count). The molecule has 0 aliphatic carbocycles. The first-order chi connectivity index (χ1) is 6.93. The van der Waals surface area contributed by atoms with Gasteiger partial charge in [0.1, 0.15) is 0 Å². The van der Waals surface area contributed by atoms with Crippen LogP contribution in [0.2, 0.25) is 5.02 Å². The van der Waals surface area contributed by atoms with Crippen LogP contribution in [0.25, 0.3) is 0 Å². The van der Waals surface area contributed by atoms with Gasteiger partial charge in [-0.15, -0.1) is 0 Å². The molecule has 1 aromatic rings. The highest BCUT2D eigenvalue weighted by molar-refractivity contribution is 6.30. The van der Waals surface area contributed by atoms with Crippen LogP contribution < -0.4 is 5.73 Å². The average Bonchev–Trinajstić information content (AvgIpc) is 2.10. The van der Waals surface area contributed by atoms with Crippen LogP contribution in [0.4, 0.5) is 5.69 Å². The van der Waals surface area contributed by atoms with Gasteiger partial charge in [0, 0.05) is 16.3 Å². The van der Waals surface area contributed by atoms with Crippen molar-refractivity contribution >= 4 is 29.2 Å². The van der Waals surface area contributed by atoms with Gasteiger partial charge in [-0.05, 0) is 18.2 Å². The smallest absolute Gasteiger partial charge is 0.322 e. The van der Waals surface area contributed by atoms with E-state index in [0.717, 1.165) is 0 Å². The third-order valence-corrected chi connectivity index (χ3v) is 2.09. The van der Waals surface area contributed by atoms with Crippen molar-refractivity contribution in [2.45, 2.75) is 5.92 Å². The first-order valence-corrected chi connectivity index (χ1v) is 4.32. The number of hydrogen-bond acceptors (Lipinski definition) is 3. The Morgan fingerprint density at radius 3 is 2.27 bits per heavy atom. The molecule has 80 valence electrons. The molecule has 0 atom stereocenters. The molecule has 0 saturated heterocycles. The summed E-state index contributed by atoms with van der Waals surface area (Å²) in [5, 5.41) is 17.7. The lowest BCUT2D eigenvalue weighted by molar-refractivity contribution is -0.149. The SMILES string of the molecule is Nc1ccc(Cl)cc1C(C(=O)O)C(=O)O. The Morgan fingerprint density at radius 1 is 1.27 bits per heavy atom. The van der Waals surface area contributed by atoms with E-state index in [4.69, 9.17) is 27.5 Å².